The molecule has 2 amide bonds. The van der Waals surface area contributed by atoms with Gasteiger partial charge in [-0.2, -0.15) is 0 Å². The number of carbonyl (C=O) groups is 2. The third-order valence-corrected chi connectivity index (χ3v) is 7.10. The van der Waals surface area contributed by atoms with Crippen LogP contribution in [0.5, 0.6) is 0 Å². The van der Waals surface area contributed by atoms with Crippen LogP contribution < -0.4 is 9.62 Å². The van der Waals surface area contributed by atoms with Crippen LogP contribution in [0.2, 0.25) is 0 Å². The monoisotopic (exact) mass is 487 g/mol. The van der Waals surface area contributed by atoms with Gasteiger partial charge in [-0.3, -0.25) is 13.9 Å². The third kappa shape index (κ3) is 7.58. The molecule has 0 aromatic heterocycles. The Morgan fingerprint density at radius 1 is 1.03 bits per heavy atom. The molecule has 1 N–H and O–H groups in total. The fourth-order valence-electron chi connectivity index (χ4n) is 3.78. The van der Waals surface area contributed by atoms with Crippen LogP contribution in [-0.2, 0) is 32.6 Å². The first kappa shape index (κ1) is 27.4. The maximum Gasteiger partial charge on any atom is 0.242 e. The van der Waals surface area contributed by atoms with Gasteiger partial charge in [-0.15, -0.1) is 0 Å². The molecular weight excluding hydrogens is 450 g/mol. The molecule has 0 fully saturated rings. The van der Waals surface area contributed by atoms with E-state index in [2.05, 4.69) is 5.32 Å². The third-order valence-electron chi connectivity index (χ3n) is 5.90. The summed E-state index contributed by atoms with van der Waals surface area (Å²) in [5.41, 5.74) is 3.72. The maximum atomic E-state index is 13.2. The first-order valence-corrected chi connectivity index (χ1v) is 13.6. The van der Waals surface area contributed by atoms with E-state index in [1.165, 1.54) is 10.6 Å². The highest BCUT2D eigenvalue weighted by Crippen LogP contribution is 2.20. The van der Waals surface area contributed by atoms with E-state index in [-0.39, 0.29) is 24.8 Å². The normalized spacial score (nSPS) is 12.1. The van der Waals surface area contributed by atoms with Crippen molar-refractivity contribution in [3.63, 3.8) is 0 Å². The Bertz CT molecular complexity index is 1070. The number of sulfonamides is 1. The molecule has 0 heterocycles. The average Bonchev–Trinajstić information content (AvgIpc) is 2.80. The van der Waals surface area contributed by atoms with Gasteiger partial charge in [-0.25, -0.2) is 8.42 Å². The van der Waals surface area contributed by atoms with Crippen LogP contribution in [-0.4, -0.2) is 50.5 Å². The smallest absolute Gasteiger partial charge is 0.242 e. The lowest BCUT2D eigenvalue weighted by molar-refractivity contribution is -0.140. The quantitative estimate of drug-likeness (QED) is 0.495. The number of carbonyl (C=O) groups excluding carboxylic acids is 2. The van der Waals surface area contributed by atoms with Gasteiger partial charge in [0, 0.05) is 26.1 Å². The van der Waals surface area contributed by atoms with E-state index in [9.17, 15) is 18.0 Å². The number of nitrogens with one attached hydrogen (secondary N) is 1. The first-order valence-electron chi connectivity index (χ1n) is 11.8. The first-order chi connectivity index (χ1) is 16.1. The molecule has 2 aromatic carbocycles. The maximum absolute atomic E-state index is 13.2. The zero-order chi connectivity index (χ0) is 25.3. The van der Waals surface area contributed by atoms with Gasteiger partial charge >= 0.3 is 0 Å². The standard InChI is InChI=1S/C26H37N3O4S/c1-6-22-14-16-24(17-15-22)29(34(5,32)33)18-10-13-25(30)28(21(4)26(31)27-7-2)19-23-12-9-8-11-20(23)3/h8-9,11-12,14-17,21H,6-7,10,13,18-19H2,1-5H3,(H,27,31)/t21-/m1/s1. The summed E-state index contributed by atoms with van der Waals surface area (Å²) >= 11 is 0. The number of hydrogen-bond donors (Lipinski definition) is 1. The molecule has 0 aliphatic rings. The van der Waals surface area contributed by atoms with Gasteiger partial charge in [-0.05, 0) is 62.4 Å². The molecule has 0 aliphatic heterocycles. The highest BCUT2D eigenvalue weighted by Gasteiger charge is 2.26. The summed E-state index contributed by atoms with van der Waals surface area (Å²) in [5, 5.41) is 2.79. The van der Waals surface area contributed by atoms with Gasteiger partial charge in [0.15, 0.2) is 0 Å². The number of rotatable bonds is 12. The van der Waals surface area contributed by atoms with Crippen LogP contribution in [0.4, 0.5) is 5.69 Å². The van der Waals surface area contributed by atoms with Gasteiger partial charge in [0.25, 0.3) is 0 Å². The lowest BCUT2D eigenvalue weighted by Crippen LogP contribution is -2.47. The van der Waals surface area contributed by atoms with Gasteiger partial charge in [0.05, 0.1) is 11.9 Å². The van der Waals surface area contributed by atoms with Crippen molar-refractivity contribution < 1.29 is 18.0 Å². The highest BCUT2D eigenvalue weighted by atomic mass is 32.2. The van der Waals surface area contributed by atoms with Crippen molar-refractivity contribution in [3.8, 4) is 0 Å². The summed E-state index contributed by atoms with van der Waals surface area (Å²) in [6, 6.07) is 14.5. The van der Waals surface area contributed by atoms with E-state index < -0.39 is 16.1 Å². The topological polar surface area (TPSA) is 86.8 Å². The van der Waals surface area contributed by atoms with Gasteiger partial charge in [0.2, 0.25) is 21.8 Å². The van der Waals surface area contributed by atoms with Crippen LogP contribution in [0.1, 0.15) is 50.3 Å². The summed E-state index contributed by atoms with van der Waals surface area (Å²) in [4.78, 5) is 27.3. The Hall–Kier alpha value is -2.87. The predicted octanol–water partition coefficient (Wildman–Crippen LogP) is 3.66. The second kappa shape index (κ2) is 12.6. The Labute approximate surface area is 204 Å². The van der Waals surface area contributed by atoms with Crippen LogP contribution in [0.15, 0.2) is 48.5 Å². The Morgan fingerprint density at radius 3 is 2.24 bits per heavy atom. The minimum Gasteiger partial charge on any atom is -0.355 e. The van der Waals surface area contributed by atoms with E-state index in [4.69, 9.17) is 0 Å². The second-order valence-corrected chi connectivity index (χ2v) is 10.4. The largest absolute Gasteiger partial charge is 0.355 e. The summed E-state index contributed by atoms with van der Waals surface area (Å²) in [5.74, 6) is -0.394. The van der Waals surface area contributed by atoms with Crippen molar-refractivity contribution in [2.75, 3.05) is 23.7 Å². The Balaban J connectivity index is 2.15. The molecule has 8 heteroatoms. The summed E-state index contributed by atoms with van der Waals surface area (Å²) in [6.45, 7) is 8.56. The van der Waals surface area contributed by atoms with E-state index in [0.29, 0.717) is 25.2 Å². The molecule has 0 spiro atoms. The van der Waals surface area contributed by atoms with Crippen LogP contribution >= 0.6 is 0 Å². The van der Waals surface area contributed by atoms with E-state index in [1.807, 2.05) is 57.2 Å². The molecule has 2 aromatic rings. The van der Waals surface area contributed by atoms with Crippen molar-refractivity contribution in [2.24, 2.45) is 0 Å². The molecule has 186 valence electrons. The van der Waals surface area contributed by atoms with Crippen molar-refractivity contribution >= 4 is 27.5 Å². The molecule has 1 atom stereocenters. The average molecular weight is 488 g/mol. The van der Waals surface area contributed by atoms with E-state index >= 15 is 0 Å². The van der Waals surface area contributed by atoms with E-state index in [0.717, 1.165) is 23.1 Å². The summed E-state index contributed by atoms with van der Waals surface area (Å²) in [6.07, 6.45) is 2.51. The Morgan fingerprint density at radius 2 is 1.68 bits per heavy atom. The minimum absolute atomic E-state index is 0.134. The van der Waals surface area contributed by atoms with E-state index in [1.54, 1.807) is 24.0 Å². The van der Waals surface area contributed by atoms with Crippen molar-refractivity contribution in [3.05, 3.63) is 65.2 Å². The second-order valence-electron chi connectivity index (χ2n) is 8.48. The SMILES string of the molecule is CCNC(=O)[C@@H](C)N(Cc1ccccc1C)C(=O)CCCN(c1ccc(CC)cc1)S(C)(=O)=O. The van der Waals surface area contributed by atoms with Gasteiger partial charge in [0.1, 0.15) is 6.04 Å². The van der Waals surface area contributed by atoms with Crippen molar-refractivity contribution in [2.45, 2.75) is 59.5 Å². The number of likely N-dealkylation sites (N-methyl/N-ethyl adjacent to an activating group) is 1. The number of hydrogen-bond acceptors (Lipinski definition) is 4. The number of nitrogens with zero attached hydrogens (tertiary/aromatic N) is 2. The minimum atomic E-state index is -3.50. The zero-order valence-electron chi connectivity index (χ0n) is 20.9. The molecule has 0 unspecified atom stereocenters. The molecule has 7 nitrogen and oxygen atoms in total. The summed E-state index contributed by atoms with van der Waals surface area (Å²) in [7, 11) is -3.50. The molecule has 2 rings (SSSR count). The summed E-state index contributed by atoms with van der Waals surface area (Å²) < 4.78 is 26.2. The predicted molar refractivity (Wildman–Crippen MR) is 137 cm³/mol. The number of amides is 2. The molecule has 0 bridgehead atoms. The molecule has 0 saturated carbocycles. The molecule has 34 heavy (non-hydrogen) atoms. The van der Waals surface area contributed by atoms with Crippen molar-refractivity contribution in [1.29, 1.82) is 0 Å². The highest BCUT2D eigenvalue weighted by molar-refractivity contribution is 7.92. The number of aryl methyl sites for hydroxylation is 2. The molecule has 0 aliphatic carbocycles. The van der Waals surface area contributed by atoms with Gasteiger partial charge in [-0.1, -0.05) is 43.3 Å². The van der Waals surface area contributed by atoms with Crippen LogP contribution in [0, 0.1) is 6.92 Å². The van der Waals surface area contributed by atoms with Crippen LogP contribution in [0.25, 0.3) is 0 Å². The Kier molecular flexibility index (Phi) is 10.1. The lowest BCUT2D eigenvalue weighted by Gasteiger charge is -2.30. The fourth-order valence-corrected chi connectivity index (χ4v) is 4.74. The molecule has 0 saturated heterocycles. The van der Waals surface area contributed by atoms with Gasteiger partial charge < -0.3 is 10.2 Å². The zero-order valence-corrected chi connectivity index (χ0v) is 21.7. The fraction of sp³-hybridized carbons (Fsp3) is 0.462. The lowest BCUT2D eigenvalue weighted by atomic mass is 10.1. The van der Waals surface area contributed by atoms with Crippen molar-refractivity contribution in [1.82, 2.24) is 10.2 Å². The number of benzene rings is 2. The molecule has 0 radical (unpaired) electrons. The molecular formula is C26H37N3O4S. The number of anilines is 1. The van der Waals surface area contributed by atoms with Crippen LogP contribution in [0.3, 0.4) is 0 Å².